The Morgan fingerprint density at radius 3 is 2.63 bits per heavy atom. The molecular weight excluding hydrogens is 351 g/mol. The molecule has 1 aromatic carbocycles. The van der Waals surface area contributed by atoms with Gasteiger partial charge in [0.15, 0.2) is 0 Å². The molecule has 27 heavy (non-hydrogen) atoms. The van der Waals surface area contributed by atoms with E-state index in [1.165, 1.54) is 18.2 Å². The average Bonchev–Trinajstić information content (AvgIpc) is 2.63. The Morgan fingerprint density at radius 2 is 1.96 bits per heavy atom. The lowest BCUT2D eigenvalue weighted by Crippen LogP contribution is -2.38. The fourth-order valence-corrected chi connectivity index (χ4v) is 2.85. The van der Waals surface area contributed by atoms with Crippen molar-refractivity contribution in [3.63, 3.8) is 0 Å². The van der Waals surface area contributed by atoms with Crippen LogP contribution in [0, 0.1) is 11.7 Å². The lowest BCUT2D eigenvalue weighted by atomic mass is 10.0. The number of hydrogen-bond donors (Lipinski definition) is 3. The van der Waals surface area contributed by atoms with E-state index in [-0.39, 0.29) is 23.9 Å². The summed E-state index contributed by atoms with van der Waals surface area (Å²) in [5.74, 6) is -0.875. The zero-order valence-corrected chi connectivity index (χ0v) is 16.0. The summed E-state index contributed by atoms with van der Waals surface area (Å²) in [5, 5.41) is 5.24. The Morgan fingerprint density at radius 1 is 1.26 bits per heavy atom. The van der Waals surface area contributed by atoms with Crippen LogP contribution in [0.15, 0.2) is 18.2 Å². The molecule has 8 heteroatoms. The largest absolute Gasteiger partial charge is 0.379 e. The summed E-state index contributed by atoms with van der Waals surface area (Å²) in [6, 6.07) is 3.42. The molecular formula is C19H29FN4O3. The number of nitrogens with two attached hydrogens (primary N) is 1. The van der Waals surface area contributed by atoms with Crippen LogP contribution in [0.2, 0.25) is 0 Å². The van der Waals surface area contributed by atoms with Gasteiger partial charge in [-0.2, -0.15) is 0 Å². The highest BCUT2D eigenvalue weighted by Gasteiger charge is 2.17. The molecule has 1 atom stereocenters. The number of nitrogens with one attached hydrogen (secondary N) is 2. The summed E-state index contributed by atoms with van der Waals surface area (Å²) in [6.07, 6.45) is 0.813. The van der Waals surface area contributed by atoms with E-state index in [9.17, 15) is 14.0 Å². The Balaban J connectivity index is 1.89. The zero-order valence-electron chi connectivity index (χ0n) is 16.0. The fraction of sp³-hybridized carbons (Fsp3) is 0.579. The summed E-state index contributed by atoms with van der Waals surface area (Å²) in [4.78, 5) is 26.4. The molecule has 0 aliphatic carbocycles. The van der Waals surface area contributed by atoms with E-state index >= 15 is 0 Å². The number of anilines is 2. The molecule has 7 nitrogen and oxygen atoms in total. The Labute approximate surface area is 159 Å². The van der Waals surface area contributed by atoms with Crippen LogP contribution in [0.1, 0.15) is 26.7 Å². The van der Waals surface area contributed by atoms with Crippen molar-refractivity contribution in [1.82, 2.24) is 4.90 Å². The third kappa shape index (κ3) is 7.24. The van der Waals surface area contributed by atoms with Gasteiger partial charge in [0.05, 0.1) is 24.9 Å². The highest BCUT2D eigenvalue weighted by Crippen LogP contribution is 2.20. The summed E-state index contributed by atoms with van der Waals surface area (Å²) < 4.78 is 19.3. The highest BCUT2D eigenvalue weighted by atomic mass is 19.1. The van der Waals surface area contributed by atoms with E-state index in [0.29, 0.717) is 37.8 Å². The van der Waals surface area contributed by atoms with Crippen LogP contribution in [-0.2, 0) is 14.3 Å². The smallest absolute Gasteiger partial charge is 0.241 e. The first-order chi connectivity index (χ1) is 12.8. The third-order valence-corrected chi connectivity index (χ3v) is 4.33. The molecule has 1 saturated heterocycles. The van der Waals surface area contributed by atoms with Gasteiger partial charge in [0, 0.05) is 31.7 Å². The predicted octanol–water partition coefficient (Wildman–Crippen LogP) is 1.80. The third-order valence-electron chi connectivity index (χ3n) is 4.33. The standard InChI is InChI=1S/C19H29FN4O3/c1-13(2)11-16(21)19(26)22-14-3-4-15(20)17(12-14)23-18(25)5-6-24-7-9-27-10-8-24/h3-4,12-13,16H,5-11,21H2,1-2H3,(H,22,26)(H,23,25)/t16-/m0/s1. The minimum absolute atomic E-state index is 0.0391. The first-order valence-electron chi connectivity index (χ1n) is 9.31. The van der Waals surface area contributed by atoms with Gasteiger partial charge < -0.3 is 21.1 Å². The number of carbonyl (C=O) groups excluding carboxylic acids is 2. The molecule has 0 spiro atoms. The van der Waals surface area contributed by atoms with Gasteiger partial charge in [-0.1, -0.05) is 13.8 Å². The Bertz CT molecular complexity index is 648. The van der Waals surface area contributed by atoms with Crippen molar-refractivity contribution in [2.24, 2.45) is 11.7 Å². The molecule has 0 bridgehead atoms. The molecule has 0 radical (unpaired) electrons. The quantitative estimate of drug-likeness (QED) is 0.639. The van der Waals surface area contributed by atoms with Gasteiger partial charge in [-0.15, -0.1) is 0 Å². The van der Waals surface area contributed by atoms with Crippen LogP contribution < -0.4 is 16.4 Å². The molecule has 0 saturated carbocycles. The molecule has 1 heterocycles. The first-order valence-corrected chi connectivity index (χ1v) is 9.31. The van der Waals surface area contributed by atoms with Gasteiger partial charge in [0.2, 0.25) is 11.8 Å². The van der Waals surface area contributed by atoms with E-state index in [4.69, 9.17) is 10.5 Å². The van der Waals surface area contributed by atoms with Crippen molar-refractivity contribution in [3.05, 3.63) is 24.0 Å². The second-order valence-electron chi connectivity index (χ2n) is 7.17. The molecule has 1 aromatic rings. The number of hydrogen-bond acceptors (Lipinski definition) is 5. The number of ether oxygens (including phenoxy) is 1. The van der Waals surface area contributed by atoms with Crippen molar-refractivity contribution in [2.45, 2.75) is 32.7 Å². The van der Waals surface area contributed by atoms with Crippen molar-refractivity contribution in [2.75, 3.05) is 43.5 Å². The fourth-order valence-electron chi connectivity index (χ4n) is 2.85. The molecule has 4 N–H and O–H groups in total. The minimum atomic E-state index is -0.637. The van der Waals surface area contributed by atoms with Gasteiger partial charge in [-0.3, -0.25) is 14.5 Å². The zero-order chi connectivity index (χ0) is 19.8. The van der Waals surface area contributed by atoms with E-state index in [0.717, 1.165) is 13.1 Å². The number of halogens is 1. The molecule has 150 valence electrons. The topological polar surface area (TPSA) is 96.7 Å². The molecule has 2 amide bonds. The van der Waals surface area contributed by atoms with Crippen LogP contribution in [0.25, 0.3) is 0 Å². The van der Waals surface area contributed by atoms with E-state index in [1.54, 1.807) is 0 Å². The van der Waals surface area contributed by atoms with Gasteiger partial charge in [-0.25, -0.2) is 4.39 Å². The van der Waals surface area contributed by atoms with E-state index in [2.05, 4.69) is 15.5 Å². The summed E-state index contributed by atoms with van der Waals surface area (Å²) in [7, 11) is 0. The van der Waals surface area contributed by atoms with Crippen molar-refractivity contribution in [1.29, 1.82) is 0 Å². The minimum Gasteiger partial charge on any atom is -0.379 e. The van der Waals surface area contributed by atoms with Gasteiger partial charge in [-0.05, 0) is 30.5 Å². The molecule has 1 fully saturated rings. The van der Waals surface area contributed by atoms with Crippen LogP contribution >= 0.6 is 0 Å². The van der Waals surface area contributed by atoms with Crippen LogP contribution in [0.3, 0.4) is 0 Å². The van der Waals surface area contributed by atoms with Gasteiger partial charge >= 0.3 is 0 Å². The van der Waals surface area contributed by atoms with E-state index < -0.39 is 11.9 Å². The molecule has 1 aliphatic rings. The Hall–Kier alpha value is -2.03. The lowest BCUT2D eigenvalue weighted by molar-refractivity contribution is -0.118. The number of amides is 2. The maximum Gasteiger partial charge on any atom is 0.241 e. The van der Waals surface area contributed by atoms with Crippen molar-refractivity contribution < 1.29 is 18.7 Å². The van der Waals surface area contributed by atoms with Crippen LogP contribution in [-0.4, -0.2) is 55.6 Å². The normalized spacial score (nSPS) is 16.2. The SMILES string of the molecule is CC(C)C[C@H](N)C(=O)Nc1ccc(F)c(NC(=O)CCN2CCOCC2)c1. The van der Waals surface area contributed by atoms with Crippen LogP contribution in [0.4, 0.5) is 15.8 Å². The highest BCUT2D eigenvalue weighted by molar-refractivity contribution is 5.96. The summed E-state index contributed by atoms with van der Waals surface area (Å²) in [6.45, 7) is 7.47. The number of benzene rings is 1. The number of rotatable bonds is 8. The molecule has 0 aromatic heterocycles. The van der Waals surface area contributed by atoms with Crippen LogP contribution in [0.5, 0.6) is 0 Å². The number of carbonyl (C=O) groups is 2. The van der Waals surface area contributed by atoms with Gasteiger partial charge in [0.25, 0.3) is 0 Å². The van der Waals surface area contributed by atoms with Crippen molar-refractivity contribution in [3.8, 4) is 0 Å². The second-order valence-corrected chi connectivity index (χ2v) is 7.17. The monoisotopic (exact) mass is 380 g/mol. The number of nitrogens with zero attached hydrogens (tertiary/aromatic N) is 1. The average molecular weight is 380 g/mol. The summed E-state index contributed by atoms with van der Waals surface area (Å²) in [5.41, 5.74) is 6.29. The van der Waals surface area contributed by atoms with Gasteiger partial charge in [0.1, 0.15) is 5.82 Å². The summed E-state index contributed by atoms with van der Waals surface area (Å²) >= 11 is 0. The number of morpholine rings is 1. The maximum atomic E-state index is 14.0. The van der Waals surface area contributed by atoms with Crippen molar-refractivity contribution >= 4 is 23.2 Å². The molecule has 2 rings (SSSR count). The lowest BCUT2D eigenvalue weighted by Gasteiger charge is -2.26. The second kappa shape index (κ2) is 10.3. The predicted molar refractivity (Wildman–Crippen MR) is 103 cm³/mol. The maximum absolute atomic E-state index is 14.0. The molecule has 1 aliphatic heterocycles. The molecule has 0 unspecified atom stereocenters. The first kappa shape index (κ1) is 21.3. The Kier molecular flexibility index (Phi) is 8.15. The van der Waals surface area contributed by atoms with E-state index in [1.807, 2.05) is 13.8 Å².